The van der Waals surface area contributed by atoms with Crippen molar-refractivity contribution in [3.05, 3.63) is 59.0 Å². The van der Waals surface area contributed by atoms with E-state index in [1.54, 1.807) is 18.2 Å². The first-order chi connectivity index (χ1) is 13.6. The number of aliphatic hydroxyl groups is 1. The molecule has 2 N–H and O–H groups in total. The summed E-state index contributed by atoms with van der Waals surface area (Å²) in [6.45, 7) is 4.05. The number of benzene rings is 2. The highest BCUT2D eigenvalue weighted by atomic mass is 32.2. The minimum absolute atomic E-state index is 0.0183. The molecule has 2 aromatic carbocycles. The Kier molecular flexibility index (Phi) is 5.92. The second-order valence-corrected chi connectivity index (χ2v) is 8.31. The third-order valence-corrected chi connectivity index (χ3v) is 5.48. The van der Waals surface area contributed by atoms with Crippen molar-refractivity contribution in [3.63, 3.8) is 0 Å². The van der Waals surface area contributed by atoms with Crippen molar-refractivity contribution < 1.29 is 31.8 Å². The Balaban J connectivity index is 2.01. The zero-order valence-corrected chi connectivity index (χ0v) is 16.6. The van der Waals surface area contributed by atoms with Crippen LogP contribution in [0.15, 0.2) is 42.3 Å². The van der Waals surface area contributed by atoms with Crippen molar-refractivity contribution in [3.8, 4) is 22.6 Å². The number of aliphatic hydroxyl groups excluding tert-OH is 1. The number of hydrogen-bond acceptors (Lipinski definition) is 5. The summed E-state index contributed by atoms with van der Waals surface area (Å²) < 4.78 is 62.2. The number of halogens is 2. The van der Waals surface area contributed by atoms with Crippen molar-refractivity contribution >= 4 is 10.0 Å². The molecule has 0 saturated carbocycles. The average molecular weight is 425 g/mol. The number of rotatable bonds is 8. The Bertz CT molecular complexity index is 1010. The Morgan fingerprint density at radius 1 is 1.34 bits per heavy atom. The fourth-order valence-electron chi connectivity index (χ4n) is 3.22. The molecule has 2 aromatic rings. The van der Waals surface area contributed by atoms with E-state index in [1.165, 1.54) is 12.1 Å². The van der Waals surface area contributed by atoms with Crippen LogP contribution in [0.4, 0.5) is 8.78 Å². The zero-order chi connectivity index (χ0) is 21.2. The van der Waals surface area contributed by atoms with Crippen LogP contribution in [0.2, 0.25) is 0 Å². The van der Waals surface area contributed by atoms with Crippen LogP contribution in [-0.2, 0) is 29.6 Å². The van der Waals surface area contributed by atoms with E-state index >= 15 is 0 Å². The molecular formula is C20H21F2NO5S. The van der Waals surface area contributed by atoms with Gasteiger partial charge >= 0.3 is 6.11 Å². The highest BCUT2D eigenvalue weighted by Gasteiger charge is 2.25. The van der Waals surface area contributed by atoms with Gasteiger partial charge in [0.1, 0.15) is 11.5 Å². The molecule has 0 amide bonds. The number of hydrogen-bond donors (Lipinski definition) is 2. The van der Waals surface area contributed by atoms with Crippen LogP contribution < -0.4 is 14.2 Å². The maximum atomic E-state index is 13.0. The molecule has 29 heavy (non-hydrogen) atoms. The molecule has 3 rings (SSSR count). The van der Waals surface area contributed by atoms with Gasteiger partial charge in [-0.3, -0.25) is 0 Å². The van der Waals surface area contributed by atoms with E-state index in [9.17, 15) is 22.3 Å². The lowest BCUT2D eigenvalue weighted by atomic mass is 9.92. The first kappa shape index (κ1) is 21.2. The zero-order valence-electron chi connectivity index (χ0n) is 15.7. The molecule has 0 radical (unpaired) electrons. The minimum atomic E-state index is -3.64. The Hall–Kier alpha value is -2.49. The van der Waals surface area contributed by atoms with Crippen LogP contribution in [-0.4, -0.2) is 26.2 Å². The van der Waals surface area contributed by atoms with Gasteiger partial charge in [-0.2, -0.15) is 8.78 Å². The van der Waals surface area contributed by atoms with E-state index in [1.807, 2.05) is 0 Å². The Morgan fingerprint density at radius 3 is 2.62 bits per heavy atom. The van der Waals surface area contributed by atoms with Crippen molar-refractivity contribution in [2.75, 3.05) is 6.61 Å². The first-order valence-corrected chi connectivity index (χ1v) is 10.4. The van der Waals surface area contributed by atoms with Gasteiger partial charge in [-0.1, -0.05) is 18.7 Å². The third-order valence-electron chi connectivity index (χ3n) is 4.49. The van der Waals surface area contributed by atoms with Gasteiger partial charge in [0.25, 0.3) is 0 Å². The SMILES string of the molecule is C=CS(=O)(=O)NCc1cc(-c2ccc(OC(C)(F)F)cc2)c2c(c1CO)CCO2. The van der Waals surface area contributed by atoms with Crippen molar-refractivity contribution in [1.29, 1.82) is 0 Å². The molecule has 156 valence electrons. The van der Waals surface area contributed by atoms with Crippen molar-refractivity contribution in [1.82, 2.24) is 4.72 Å². The third kappa shape index (κ3) is 4.92. The van der Waals surface area contributed by atoms with Gasteiger partial charge in [0.2, 0.25) is 10.0 Å². The van der Waals surface area contributed by atoms with Gasteiger partial charge in [0, 0.05) is 36.4 Å². The number of sulfonamides is 1. The fourth-order valence-corrected chi connectivity index (χ4v) is 3.70. The molecule has 1 heterocycles. The average Bonchev–Trinajstić information content (AvgIpc) is 3.14. The van der Waals surface area contributed by atoms with Gasteiger partial charge in [-0.15, -0.1) is 0 Å². The van der Waals surface area contributed by atoms with Gasteiger partial charge in [-0.05, 0) is 34.9 Å². The van der Waals surface area contributed by atoms with Crippen LogP contribution in [0.5, 0.6) is 11.5 Å². The first-order valence-electron chi connectivity index (χ1n) is 8.84. The van der Waals surface area contributed by atoms with Gasteiger partial charge < -0.3 is 14.6 Å². The predicted molar refractivity (Wildman–Crippen MR) is 104 cm³/mol. The van der Waals surface area contributed by atoms with E-state index in [0.29, 0.717) is 48.0 Å². The lowest BCUT2D eigenvalue weighted by Gasteiger charge is -2.17. The van der Waals surface area contributed by atoms with Crippen molar-refractivity contribution in [2.24, 2.45) is 0 Å². The second-order valence-electron chi connectivity index (χ2n) is 6.59. The van der Waals surface area contributed by atoms with Gasteiger partial charge in [-0.25, -0.2) is 13.1 Å². The molecule has 1 aliphatic heterocycles. The molecule has 6 nitrogen and oxygen atoms in total. The quantitative estimate of drug-likeness (QED) is 0.678. The molecule has 0 fully saturated rings. The molecule has 1 aliphatic rings. The summed E-state index contributed by atoms with van der Waals surface area (Å²) in [5.74, 6) is 0.614. The number of alkyl halides is 2. The molecule has 0 aromatic heterocycles. The van der Waals surface area contributed by atoms with E-state index in [0.717, 1.165) is 11.0 Å². The second kappa shape index (κ2) is 8.10. The fraction of sp³-hybridized carbons (Fsp3) is 0.300. The van der Waals surface area contributed by atoms with Gasteiger partial charge in [0.05, 0.1) is 13.2 Å². The summed E-state index contributed by atoms with van der Waals surface area (Å²) in [7, 11) is -3.64. The molecule has 0 atom stereocenters. The summed E-state index contributed by atoms with van der Waals surface area (Å²) >= 11 is 0. The monoisotopic (exact) mass is 425 g/mol. The van der Waals surface area contributed by atoms with Crippen LogP contribution in [0.1, 0.15) is 23.6 Å². The standard InChI is InChI=1S/C20H21F2NO5S/c1-3-29(25,26)23-11-14-10-17(19-16(8-9-27-19)18(14)12-24)13-4-6-15(7-5-13)28-20(2,21)22/h3-7,10,23-24H,1,8-9,11-12H2,2H3. The molecular weight excluding hydrogens is 404 g/mol. The summed E-state index contributed by atoms with van der Waals surface area (Å²) in [6.07, 6.45) is -2.71. The highest BCUT2D eigenvalue weighted by molar-refractivity contribution is 7.92. The Morgan fingerprint density at radius 2 is 2.03 bits per heavy atom. The summed E-state index contributed by atoms with van der Waals surface area (Å²) in [4.78, 5) is 0. The highest BCUT2D eigenvalue weighted by Crippen LogP contribution is 2.41. The molecule has 0 saturated heterocycles. The van der Waals surface area contributed by atoms with Crippen LogP contribution in [0.3, 0.4) is 0 Å². The minimum Gasteiger partial charge on any atom is -0.492 e. The molecule has 0 unspecified atom stereocenters. The number of fused-ring (bicyclic) bond motifs is 1. The summed E-state index contributed by atoms with van der Waals surface area (Å²) in [5, 5.41) is 10.6. The smallest absolute Gasteiger partial charge is 0.394 e. The van der Waals surface area contributed by atoms with E-state index < -0.39 is 16.1 Å². The van der Waals surface area contributed by atoms with Crippen LogP contribution in [0, 0.1) is 0 Å². The maximum absolute atomic E-state index is 13.0. The molecule has 0 aliphatic carbocycles. The number of ether oxygens (including phenoxy) is 2. The summed E-state index contributed by atoms with van der Waals surface area (Å²) in [5.41, 5.74) is 3.37. The van der Waals surface area contributed by atoms with E-state index in [-0.39, 0.29) is 18.9 Å². The molecule has 0 bridgehead atoms. The van der Waals surface area contributed by atoms with Crippen LogP contribution in [0.25, 0.3) is 11.1 Å². The van der Waals surface area contributed by atoms with Crippen LogP contribution >= 0.6 is 0 Å². The Labute approximate surface area is 167 Å². The largest absolute Gasteiger partial charge is 0.492 e. The maximum Gasteiger partial charge on any atom is 0.394 e. The lowest BCUT2D eigenvalue weighted by Crippen LogP contribution is -2.21. The lowest BCUT2D eigenvalue weighted by molar-refractivity contribution is -0.158. The molecule has 0 spiro atoms. The van der Waals surface area contributed by atoms with Gasteiger partial charge in [0.15, 0.2) is 0 Å². The van der Waals surface area contributed by atoms with E-state index in [4.69, 9.17) is 4.74 Å². The normalized spacial score (nSPS) is 13.7. The van der Waals surface area contributed by atoms with Crippen molar-refractivity contribution in [2.45, 2.75) is 32.6 Å². The number of nitrogens with one attached hydrogen (secondary N) is 1. The molecule has 9 heteroatoms. The topological polar surface area (TPSA) is 84.9 Å². The summed E-state index contributed by atoms with van der Waals surface area (Å²) in [6, 6.07) is 7.82. The van der Waals surface area contributed by atoms with E-state index in [2.05, 4.69) is 16.0 Å². The predicted octanol–water partition coefficient (Wildman–Crippen LogP) is 3.34.